The second-order valence-corrected chi connectivity index (χ2v) is 5.50. The normalized spacial score (nSPS) is 19.8. The van der Waals surface area contributed by atoms with Crippen molar-refractivity contribution in [3.8, 4) is 5.75 Å². The van der Waals surface area contributed by atoms with Gasteiger partial charge in [-0.25, -0.2) is 9.59 Å². The van der Waals surface area contributed by atoms with E-state index >= 15 is 0 Å². The number of carboxylic acids is 1. The number of nitrogens with zero attached hydrogens (tertiary/aromatic N) is 1. The van der Waals surface area contributed by atoms with Crippen molar-refractivity contribution in [2.45, 2.75) is 13.3 Å². The maximum atomic E-state index is 12.1. The van der Waals surface area contributed by atoms with Gasteiger partial charge in [0.1, 0.15) is 5.75 Å². The smallest absolute Gasteiger partial charge is 0.335 e. The van der Waals surface area contributed by atoms with Crippen LogP contribution in [-0.4, -0.2) is 42.7 Å². The molecule has 0 spiro atoms. The summed E-state index contributed by atoms with van der Waals surface area (Å²) in [6.45, 7) is 2.86. The fourth-order valence-electron chi connectivity index (χ4n) is 2.24. The predicted octanol–water partition coefficient (Wildman–Crippen LogP) is 2.51. The summed E-state index contributed by atoms with van der Waals surface area (Å²) < 4.78 is 5.15. The van der Waals surface area contributed by atoms with Crippen LogP contribution in [0.4, 0.5) is 10.5 Å². The third-order valence-corrected chi connectivity index (χ3v) is 3.82. The number of anilines is 1. The molecule has 2 amide bonds. The lowest BCUT2D eigenvalue weighted by Gasteiger charge is -2.19. The van der Waals surface area contributed by atoms with E-state index in [0.29, 0.717) is 29.8 Å². The minimum absolute atomic E-state index is 0.101. The molecule has 2 rings (SSSR count). The molecule has 2 unspecified atom stereocenters. The lowest BCUT2D eigenvalue weighted by molar-refractivity contribution is 0.0697. The van der Waals surface area contributed by atoms with Crippen molar-refractivity contribution >= 4 is 17.7 Å². The molecule has 6 nitrogen and oxygen atoms in total. The van der Waals surface area contributed by atoms with E-state index in [4.69, 9.17) is 9.84 Å². The van der Waals surface area contributed by atoms with E-state index in [1.165, 1.54) is 25.3 Å². The molecule has 0 saturated heterocycles. The number of carbonyl (C=O) groups is 2. The third-order valence-electron chi connectivity index (χ3n) is 3.82. The van der Waals surface area contributed by atoms with Gasteiger partial charge in [0.25, 0.3) is 0 Å². The van der Waals surface area contributed by atoms with E-state index in [1.54, 1.807) is 11.9 Å². The molecule has 0 aliphatic heterocycles. The van der Waals surface area contributed by atoms with Gasteiger partial charge >= 0.3 is 12.0 Å². The Hall–Kier alpha value is -2.24. The van der Waals surface area contributed by atoms with Crippen LogP contribution in [0.25, 0.3) is 0 Å². The topological polar surface area (TPSA) is 78.9 Å². The van der Waals surface area contributed by atoms with Crippen molar-refractivity contribution in [1.82, 2.24) is 4.90 Å². The number of aromatic carboxylic acids is 1. The Kier molecular flexibility index (Phi) is 4.35. The van der Waals surface area contributed by atoms with Crippen LogP contribution < -0.4 is 10.1 Å². The number of benzene rings is 1. The molecule has 2 atom stereocenters. The summed E-state index contributed by atoms with van der Waals surface area (Å²) >= 11 is 0. The van der Waals surface area contributed by atoms with E-state index in [2.05, 4.69) is 12.2 Å². The molecule has 0 bridgehead atoms. The summed E-state index contributed by atoms with van der Waals surface area (Å²) in [6.07, 6.45) is 1.15. The summed E-state index contributed by atoms with van der Waals surface area (Å²) in [4.78, 5) is 24.8. The number of ether oxygens (including phenoxy) is 1. The van der Waals surface area contributed by atoms with Crippen LogP contribution in [0.5, 0.6) is 5.75 Å². The Balaban J connectivity index is 2.07. The number of carbonyl (C=O) groups excluding carboxylic acids is 1. The minimum atomic E-state index is -1.05. The fourth-order valence-corrected chi connectivity index (χ4v) is 2.24. The van der Waals surface area contributed by atoms with Gasteiger partial charge in [0.15, 0.2) is 0 Å². The Morgan fingerprint density at radius 2 is 2.14 bits per heavy atom. The predicted molar refractivity (Wildman–Crippen MR) is 78.9 cm³/mol. The van der Waals surface area contributed by atoms with Gasteiger partial charge in [-0.15, -0.1) is 0 Å². The van der Waals surface area contributed by atoms with Gasteiger partial charge in [0.05, 0.1) is 18.4 Å². The lowest BCUT2D eigenvalue weighted by atomic mass is 10.2. The molecule has 21 heavy (non-hydrogen) atoms. The van der Waals surface area contributed by atoms with Crippen molar-refractivity contribution in [3.05, 3.63) is 23.8 Å². The van der Waals surface area contributed by atoms with Gasteiger partial charge < -0.3 is 20.1 Å². The van der Waals surface area contributed by atoms with Gasteiger partial charge in [-0.1, -0.05) is 6.92 Å². The number of hydrogen-bond acceptors (Lipinski definition) is 3. The van der Waals surface area contributed by atoms with Crippen molar-refractivity contribution in [2.24, 2.45) is 11.8 Å². The van der Waals surface area contributed by atoms with Crippen molar-refractivity contribution in [2.75, 3.05) is 26.0 Å². The highest BCUT2D eigenvalue weighted by molar-refractivity contribution is 5.94. The van der Waals surface area contributed by atoms with Gasteiger partial charge in [0, 0.05) is 13.6 Å². The number of hydrogen-bond donors (Lipinski definition) is 2. The molecule has 1 aliphatic carbocycles. The summed E-state index contributed by atoms with van der Waals surface area (Å²) in [7, 11) is 3.20. The Labute approximate surface area is 123 Å². The van der Waals surface area contributed by atoms with Gasteiger partial charge in [0.2, 0.25) is 0 Å². The maximum Gasteiger partial charge on any atom is 0.335 e. The zero-order valence-corrected chi connectivity index (χ0v) is 12.4. The summed E-state index contributed by atoms with van der Waals surface area (Å²) in [5.74, 6) is 0.618. The zero-order valence-electron chi connectivity index (χ0n) is 12.4. The lowest BCUT2D eigenvalue weighted by Crippen LogP contribution is -2.33. The largest absolute Gasteiger partial charge is 0.495 e. The quantitative estimate of drug-likeness (QED) is 0.874. The van der Waals surface area contributed by atoms with E-state index in [9.17, 15) is 9.59 Å². The van der Waals surface area contributed by atoms with Gasteiger partial charge in [-0.3, -0.25) is 0 Å². The molecule has 2 N–H and O–H groups in total. The molecular formula is C15H20N2O4. The monoisotopic (exact) mass is 292 g/mol. The first-order valence-corrected chi connectivity index (χ1v) is 6.85. The third kappa shape index (κ3) is 3.65. The number of nitrogens with one attached hydrogen (secondary N) is 1. The first-order valence-electron chi connectivity index (χ1n) is 6.85. The van der Waals surface area contributed by atoms with Crippen molar-refractivity contribution in [3.63, 3.8) is 0 Å². The van der Waals surface area contributed by atoms with Gasteiger partial charge in [-0.2, -0.15) is 0 Å². The average Bonchev–Trinajstić information content (AvgIpc) is 3.13. The standard InChI is InChI=1S/C15H20N2O4/c1-9-6-11(9)8-17(2)15(20)16-12-7-10(14(18)19)4-5-13(12)21-3/h4-5,7,9,11H,6,8H2,1-3H3,(H,16,20)(H,18,19). The number of carboxylic acid groups (broad SMARTS) is 1. The molecule has 6 heteroatoms. The molecule has 0 heterocycles. The number of rotatable bonds is 5. The first kappa shape index (κ1) is 15.2. The second kappa shape index (κ2) is 6.03. The second-order valence-electron chi connectivity index (χ2n) is 5.50. The zero-order chi connectivity index (χ0) is 15.6. The fraction of sp³-hybridized carbons (Fsp3) is 0.467. The van der Waals surface area contributed by atoms with E-state index in [1.807, 2.05) is 0 Å². The Morgan fingerprint density at radius 3 is 2.67 bits per heavy atom. The highest BCUT2D eigenvalue weighted by Gasteiger charge is 2.34. The van der Waals surface area contributed by atoms with Crippen LogP contribution >= 0.6 is 0 Å². The average molecular weight is 292 g/mol. The minimum Gasteiger partial charge on any atom is -0.495 e. The highest BCUT2D eigenvalue weighted by atomic mass is 16.5. The summed E-state index contributed by atoms with van der Waals surface area (Å²) in [5.41, 5.74) is 0.461. The van der Waals surface area contributed by atoms with Crippen LogP contribution in [0.3, 0.4) is 0 Å². The van der Waals surface area contributed by atoms with Crippen molar-refractivity contribution < 1.29 is 19.4 Å². The molecule has 114 valence electrons. The van der Waals surface area contributed by atoms with Gasteiger partial charge in [-0.05, 0) is 36.5 Å². The van der Waals surface area contributed by atoms with Crippen LogP contribution in [0.2, 0.25) is 0 Å². The molecule has 0 aromatic heterocycles. The van der Waals surface area contributed by atoms with Crippen LogP contribution in [0.15, 0.2) is 18.2 Å². The molecule has 1 aliphatic rings. The molecule has 1 fully saturated rings. The summed E-state index contributed by atoms with van der Waals surface area (Å²) in [5, 5.41) is 11.7. The van der Waals surface area contributed by atoms with E-state index < -0.39 is 5.97 Å². The SMILES string of the molecule is COc1ccc(C(=O)O)cc1NC(=O)N(C)CC1CC1C. The number of amides is 2. The Morgan fingerprint density at radius 1 is 1.48 bits per heavy atom. The maximum absolute atomic E-state index is 12.1. The van der Waals surface area contributed by atoms with E-state index in [-0.39, 0.29) is 11.6 Å². The molecule has 0 radical (unpaired) electrons. The molecular weight excluding hydrogens is 272 g/mol. The number of methoxy groups -OCH3 is 1. The summed E-state index contributed by atoms with van der Waals surface area (Å²) in [6, 6.07) is 4.09. The van der Waals surface area contributed by atoms with Crippen LogP contribution in [-0.2, 0) is 0 Å². The molecule has 1 saturated carbocycles. The van der Waals surface area contributed by atoms with Crippen LogP contribution in [0.1, 0.15) is 23.7 Å². The molecule has 1 aromatic rings. The first-order chi connectivity index (χ1) is 9.92. The van der Waals surface area contributed by atoms with Crippen molar-refractivity contribution in [1.29, 1.82) is 0 Å². The molecule has 1 aromatic carbocycles. The van der Waals surface area contributed by atoms with E-state index in [0.717, 1.165) is 6.42 Å². The Bertz CT molecular complexity index is 559. The number of urea groups is 1. The highest BCUT2D eigenvalue weighted by Crippen LogP contribution is 2.38. The van der Waals surface area contributed by atoms with Crippen LogP contribution in [0, 0.1) is 11.8 Å².